The molecule has 0 bridgehead atoms. The monoisotopic (exact) mass is 423 g/mol. The number of H-pyrrole nitrogens is 2. The van der Waals surface area contributed by atoms with Crippen LogP contribution in [0.15, 0.2) is 41.6 Å². The minimum atomic E-state index is -4.37. The molecule has 2 aromatic heterocycles. The minimum absolute atomic E-state index is 0.208. The third kappa shape index (κ3) is 5.86. The fourth-order valence-corrected chi connectivity index (χ4v) is 3.49. The number of benzene rings is 1. The van der Waals surface area contributed by atoms with E-state index in [0.717, 1.165) is 35.0 Å². The van der Waals surface area contributed by atoms with Crippen LogP contribution in [0.3, 0.4) is 0 Å². The molecule has 1 aromatic carbocycles. The van der Waals surface area contributed by atoms with Crippen molar-refractivity contribution in [3.63, 3.8) is 0 Å². The van der Waals surface area contributed by atoms with Gasteiger partial charge in [-0.3, -0.25) is 9.78 Å². The van der Waals surface area contributed by atoms with Crippen molar-refractivity contribution < 1.29 is 13.2 Å². The Bertz CT molecular complexity index is 998. The van der Waals surface area contributed by atoms with Crippen LogP contribution in [0, 0.1) is 6.92 Å². The van der Waals surface area contributed by atoms with Gasteiger partial charge in [-0.05, 0) is 24.6 Å². The summed E-state index contributed by atoms with van der Waals surface area (Å²) in [6.45, 7) is 2.59. The standard InChI is InChI=1S/C19H20F3N5OS/c1-12-16(26-11-25-12)10-29-7-6-23-18-24-9-14(17(28)27-18)8-13-2-4-15(5-3-13)19(20,21)22/h2-5,9,11H,6-8,10H2,1H3,(H,25,26)(H2,23,24,27,28). The van der Waals surface area contributed by atoms with Crippen molar-refractivity contribution in [3.05, 3.63) is 75.2 Å². The molecule has 0 saturated carbocycles. The van der Waals surface area contributed by atoms with Crippen LogP contribution >= 0.6 is 11.8 Å². The van der Waals surface area contributed by atoms with Crippen molar-refractivity contribution in [1.29, 1.82) is 0 Å². The van der Waals surface area contributed by atoms with Gasteiger partial charge >= 0.3 is 6.18 Å². The molecule has 6 nitrogen and oxygen atoms in total. The van der Waals surface area contributed by atoms with E-state index in [-0.39, 0.29) is 12.0 Å². The van der Waals surface area contributed by atoms with Crippen LogP contribution in [-0.4, -0.2) is 32.2 Å². The Hall–Kier alpha value is -2.75. The van der Waals surface area contributed by atoms with Crippen molar-refractivity contribution in [3.8, 4) is 0 Å². The van der Waals surface area contributed by atoms with Crippen molar-refractivity contribution in [1.82, 2.24) is 19.9 Å². The van der Waals surface area contributed by atoms with Crippen molar-refractivity contribution in [2.45, 2.75) is 25.3 Å². The predicted molar refractivity (Wildman–Crippen MR) is 107 cm³/mol. The molecule has 0 saturated heterocycles. The van der Waals surface area contributed by atoms with E-state index >= 15 is 0 Å². The Morgan fingerprint density at radius 3 is 2.55 bits per heavy atom. The van der Waals surface area contributed by atoms with Gasteiger partial charge in [0, 0.05) is 41.9 Å². The molecule has 10 heteroatoms. The van der Waals surface area contributed by atoms with Crippen LogP contribution in [0.2, 0.25) is 0 Å². The molecule has 154 valence electrons. The summed E-state index contributed by atoms with van der Waals surface area (Å²) < 4.78 is 37.8. The van der Waals surface area contributed by atoms with Crippen LogP contribution in [0.25, 0.3) is 0 Å². The fourth-order valence-electron chi connectivity index (χ4n) is 2.61. The number of imidazole rings is 1. The third-order valence-electron chi connectivity index (χ3n) is 4.26. The summed E-state index contributed by atoms with van der Waals surface area (Å²) in [6.07, 6.45) is -1.05. The predicted octanol–water partition coefficient (Wildman–Crippen LogP) is 3.76. The average Bonchev–Trinajstić information content (AvgIpc) is 3.08. The van der Waals surface area contributed by atoms with Gasteiger partial charge in [-0.25, -0.2) is 9.97 Å². The van der Waals surface area contributed by atoms with Gasteiger partial charge in [-0.1, -0.05) is 12.1 Å². The number of aryl methyl sites for hydroxylation is 1. The lowest BCUT2D eigenvalue weighted by atomic mass is 10.1. The molecule has 0 spiro atoms. The quantitative estimate of drug-likeness (QED) is 0.481. The molecule has 0 atom stereocenters. The summed E-state index contributed by atoms with van der Waals surface area (Å²) in [5, 5.41) is 3.05. The Morgan fingerprint density at radius 2 is 1.93 bits per heavy atom. The van der Waals surface area contributed by atoms with Crippen LogP contribution in [0.5, 0.6) is 0 Å². The number of aromatic amines is 2. The summed E-state index contributed by atoms with van der Waals surface area (Å²) in [4.78, 5) is 26.3. The Kier molecular flexibility index (Phi) is 6.63. The topological polar surface area (TPSA) is 86.5 Å². The second-order valence-electron chi connectivity index (χ2n) is 6.41. The van der Waals surface area contributed by atoms with Crippen LogP contribution in [0.1, 0.15) is 28.1 Å². The van der Waals surface area contributed by atoms with Gasteiger partial charge < -0.3 is 10.3 Å². The highest BCUT2D eigenvalue weighted by Gasteiger charge is 2.29. The number of nitrogens with one attached hydrogen (secondary N) is 3. The zero-order valence-electron chi connectivity index (χ0n) is 15.6. The number of nitrogens with zero attached hydrogens (tertiary/aromatic N) is 2. The smallest absolute Gasteiger partial charge is 0.355 e. The summed E-state index contributed by atoms with van der Waals surface area (Å²) >= 11 is 1.71. The first-order valence-electron chi connectivity index (χ1n) is 8.87. The number of rotatable bonds is 8. The van der Waals surface area contributed by atoms with Gasteiger partial charge in [0.2, 0.25) is 5.95 Å². The maximum absolute atomic E-state index is 12.6. The molecule has 0 aliphatic rings. The Labute approximate surface area is 169 Å². The number of anilines is 1. The van der Waals surface area contributed by atoms with E-state index in [1.54, 1.807) is 18.1 Å². The minimum Gasteiger partial charge on any atom is -0.355 e. The van der Waals surface area contributed by atoms with Gasteiger partial charge in [0.25, 0.3) is 5.56 Å². The van der Waals surface area contributed by atoms with Crippen molar-refractivity contribution in [2.24, 2.45) is 0 Å². The van der Waals surface area contributed by atoms with E-state index in [9.17, 15) is 18.0 Å². The molecule has 0 aliphatic carbocycles. The van der Waals surface area contributed by atoms with Crippen LogP contribution in [0.4, 0.5) is 19.1 Å². The normalized spacial score (nSPS) is 11.6. The summed E-state index contributed by atoms with van der Waals surface area (Å²) in [6, 6.07) is 4.75. The number of aromatic nitrogens is 4. The molecule has 0 aliphatic heterocycles. The van der Waals surface area contributed by atoms with Crippen molar-refractivity contribution >= 4 is 17.7 Å². The number of halogens is 3. The maximum atomic E-state index is 12.6. The van der Waals surface area contributed by atoms with Gasteiger partial charge in [0.15, 0.2) is 0 Å². The highest BCUT2D eigenvalue weighted by Crippen LogP contribution is 2.29. The first kappa shape index (κ1) is 21.0. The van der Waals surface area contributed by atoms with E-state index in [1.807, 2.05) is 6.92 Å². The zero-order valence-corrected chi connectivity index (χ0v) is 16.5. The SMILES string of the molecule is Cc1[nH]cnc1CSCCNc1ncc(Cc2ccc(C(F)(F)F)cc2)c(=O)[nH]1. The first-order chi connectivity index (χ1) is 13.8. The molecule has 0 unspecified atom stereocenters. The van der Waals surface area contributed by atoms with E-state index in [4.69, 9.17) is 0 Å². The molecule has 3 aromatic rings. The number of alkyl halides is 3. The van der Waals surface area contributed by atoms with Gasteiger partial charge in [0.05, 0.1) is 17.6 Å². The lowest BCUT2D eigenvalue weighted by molar-refractivity contribution is -0.137. The molecule has 0 radical (unpaired) electrons. The van der Waals surface area contributed by atoms with Gasteiger partial charge in [-0.2, -0.15) is 24.9 Å². The highest BCUT2D eigenvalue weighted by molar-refractivity contribution is 7.98. The molecule has 3 N–H and O–H groups in total. The van der Waals surface area contributed by atoms with Crippen LogP contribution < -0.4 is 10.9 Å². The lowest BCUT2D eigenvalue weighted by Crippen LogP contribution is -2.18. The fraction of sp³-hybridized carbons (Fsp3) is 0.316. The summed E-state index contributed by atoms with van der Waals surface area (Å²) in [5.41, 5.74) is 2.04. The molecule has 0 fully saturated rings. The van der Waals surface area contributed by atoms with E-state index in [0.29, 0.717) is 23.6 Å². The first-order valence-corrected chi connectivity index (χ1v) is 10.0. The second-order valence-corrected chi connectivity index (χ2v) is 7.52. The molecular formula is C19H20F3N5OS. The largest absolute Gasteiger partial charge is 0.416 e. The molecule has 29 heavy (non-hydrogen) atoms. The number of thioether (sulfide) groups is 1. The number of hydrogen-bond donors (Lipinski definition) is 3. The number of hydrogen-bond acceptors (Lipinski definition) is 5. The van der Waals surface area contributed by atoms with Gasteiger partial charge in [0.1, 0.15) is 0 Å². The summed E-state index contributed by atoms with van der Waals surface area (Å²) in [7, 11) is 0. The Morgan fingerprint density at radius 1 is 1.17 bits per heavy atom. The molecule has 0 amide bonds. The summed E-state index contributed by atoms with van der Waals surface area (Å²) in [5.74, 6) is 1.97. The zero-order chi connectivity index (χ0) is 20.9. The van der Waals surface area contributed by atoms with Crippen LogP contribution in [-0.2, 0) is 18.3 Å². The highest BCUT2D eigenvalue weighted by atomic mass is 32.2. The maximum Gasteiger partial charge on any atom is 0.416 e. The average molecular weight is 423 g/mol. The molecule has 3 rings (SSSR count). The second kappa shape index (κ2) is 9.17. The lowest BCUT2D eigenvalue weighted by Gasteiger charge is -2.08. The van der Waals surface area contributed by atoms with E-state index in [1.165, 1.54) is 18.3 Å². The van der Waals surface area contributed by atoms with Crippen molar-refractivity contribution in [2.75, 3.05) is 17.6 Å². The third-order valence-corrected chi connectivity index (χ3v) is 5.23. The van der Waals surface area contributed by atoms with Gasteiger partial charge in [-0.15, -0.1) is 0 Å². The molecule has 2 heterocycles. The van der Waals surface area contributed by atoms with E-state index in [2.05, 4.69) is 25.3 Å². The van der Waals surface area contributed by atoms with E-state index < -0.39 is 11.7 Å². The Balaban J connectivity index is 1.49. The molecular weight excluding hydrogens is 403 g/mol.